The highest BCUT2D eigenvalue weighted by Crippen LogP contribution is 2.37. The predicted molar refractivity (Wildman–Crippen MR) is 71.9 cm³/mol. The highest BCUT2D eigenvalue weighted by Gasteiger charge is 2.24. The summed E-state index contributed by atoms with van der Waals surface area (Å²) in [4.78, 5) is 4.56. The van der Waals surface area contributed by atoms with Crippen molar-refractivity contribution in [3.8, 4) is 0 Å². The molecule has 2 N–H and O–H groups in total. The maximum Gasteiger partial charge on any atom is 0.126 e. The minimum Gasteiger partial charge on any atom is -0.384 e. The van der Waals surface area contributed by atoms with Crippen LogP contribution in [-0.4, -0.2) is 9.55 Å². The number of anilines is 1. The second-order valence-electron chi connectivity index (χ2n) is 6.02. The summed E-state index contributed by atoms with van der Waals surface area (Å²) in [7, 11) is 0. The van der Waals surface area contributed by atoms with Crippen molar-refractivity contribution in [3.63, 3.8) is 0 Å². The maximum absolute atomic E-state index is 6.22. The van der Waals surface area contributed by atoms with Crippen LogP contribution in [-0.2, 0) is 6.54 Å². The summed E-state index contributed by atoms with van der Waals surface area (Å²) < 4.78 is 2.11. The molecule has 0 aliphatic heterocycles. The largest absolute Gasteiger partial charge is 0.384 e. The van der Waals surface area contributed by atoms with Crippen molar-refractivity contribution in [3.05, 3.63) is 12.0 Å². The second-order valence-corrected chi connectivity index (χ2v) is 6.02. The van der Waals surface area contributed by atoms with Crippen LogP contribution < -0.4 is 5.73 Å². The Balaban J connectivity index is 2.08. The fraction of sp³-hybridized carbons (Fsp3) is 0.786. The van der Waals surface area contributed by atoms with Gasteiger partial charge in [-0.05, 0) is 24.7 Å². The Morgan fingerprint density at radius 2 is 2.00 bits per heavy atom. The molecule has 1 aromatic rings. The fourth-order valence-corrected chi connectivity index (χ4v) is 2.79. The Kier molecular flexibility index (Phi) is 3.75. The lowest BCUT2D eigenvalue weighted by Gasteiger charge is -2.25. The van der Waals surface area contributed by atoms with Gasteiger partial charge in [-0.2, -0.15) is 0 Å². The predicted octanol–water partition coefficient (Wildman–Crippen LogP) is 3.42. The molecule has 96 valence electrons. The number of aromatic nitrogens is 2. The third-order valence-corrected chi connectivity index (χ3v) is 3.87. The number of nitrogens with two attached hydrogens (primary N) is 1. The summed E-state index contributed by atoms with van der Waals surface area (Å²) in [5, 5.41) is 0. The van der Waals surface area contributed by atoms with Gasteiger partial charge in [-0.15, -0.1) is 0 Å². The minimum atomic E-state index is 0.597. The second kappa shape index (κ2) is 5.11. The molecule has 1 fully saturated rings. The molecule has 2 rings (SSSR count). The van der Waals surface area contributed by atoms with Gasteiger partial charge in [0.25, 0.3) is 0 Å². The topological polar surface area (TPSA) is 43.8 Å². The first-order chi connectivity index (χ1) is 8.08. The van der Waals surface area contributed by atoms with E-state index in [4.69, 9.17) is 5.73 Å². The quantitative estimate of drug-likeness (QED) is 0.872. The van der Waals surface area contributed by atoms with Crippen molar-refractivity contribution >= 4 is 5.82 Å². The van der Waals surface area contributed by atoms with E-state index >= 15 is 0 Å². The first-order valence-electron chi connectivity index (χ1n) is 6.88. The van der Waals surface area contributed by atoms with Gasteiger partial charge < -0.3 is 10.3 Å². The van der Waals surface area contributed by atoms with Gasteiger partial charge in [0, 0.05) is 12.5 Å². The lowest BCUT2D eigenvalue weighted by molar-refractivity contribution is 0.345. The van der Waals surface area contributed by atoms with Crippen LogP contribution in [0.1, 0.15) is 58.1 Å². The van der Waals surface area contributed by atoms with Crippen LogP contribution >= 0.6 is 0 Å². The molecule has 0 spiro atoms. The Bertz CT molecular complexity index is 360. The fourth-order valence-electron chi connectivity index (χ4n) is 2.79. The van der Waals surface area contributed by atoms with Gasteiger partial charge in [-0.1, -0.05) is 33.6 Å². The standard InChI is InChI=1S/C14H25N3/c1-10(2)8-17-9-16-13(14(17)15)12-6-4-11(3)5-7-12/h9-12H,4-8,15H2,1-3H3. The van der Waals surface area contributed by atoms with Gasteiger partial charge in [-0.3, -0.25) is 0 Å². The van der Waals surface area contributed by atoms with Crippen LogP contribution in [0.3, 0.4) is 0 Å². The highest BCUT2D eigenvalue weighted by atomic mass is 15.1. The number of nitrogen functional groups attached to an aromatic ring is 1. The van der Waals surface area contributed by atoms with Crippen LogP contribution in [0.2, 0.25) is 0 Å². The van der Waals surface area contributed by atoms with Gasteiger partial charge in [0.05, 0.1) is 12.0 Å². The van der Waals surface area contributed by atoms with Crippen molar-refractivity contribution in [2.45, 2.75) is 58.9 Å². The molecule has 0 unspecified atom stereocenters. The minimum absolute atomic E-state index is 0.597. The molecule has 1 saturated carbocycles. The summed E-state index contributed by atoms with van der Waals surface area (Å²) in [6.07, 6.45) is 7.07. The van der Waals surface area contributed by atoms with Gasteiger partial charge >= 0.3 is 0 Å². The van der Waals surface area contributed by atoms with Crippen LogP contribution in [0.4, 0.5) is 5.82 Å². The molecule has 0 aromatic carbocycles. The van der Waals surface area contributed by atoms with Crippen LogP contribution in [0.5, 0.6) is 0 Å². The van der Waals surface area contributed by atoms with E-state index in [2.05, 4.69) is 30.3 Å². The Hall–Kier alpha value is -0.990. The summed E-state index contributed by atoms with van der Waals surface area (Å²) in [6, 6.07) is 0. The summed E-state index contributed by atoms with van der Waals surface area (Å²) in [6.45, 7) is 7.74. The van der Waals surface area contributed by atoms with Crippen molar-refractivity contribution in [2.24, 2.45) is 11.8 Å². The Labute approximate surface area is 104 Å². The molecule has 1 heterocycles. The molecule has 0 bridgehead atoms. The van der Waals surface area contributed by atoms with Gasteiger partial charge in [0.2, 0.25) is 0 Å². The molecule has 0 amide bonds. The van der Waals surface area contributed by atoms with Gasteiger partial charge in [0.15, 0.2) is 0 Å². The van der Waals surface area contributed by atoms with Gasteiger partial charge in [-0.25, -0.2) is 4.98 Å². The number of hydrogen-bond acceptors (Lipinski definition) is 2. The molecule has 1 aliphatic carbocycles. The van der Waals surface area contributed by atoms with E-state index in [1.165, 1.54) is 25.7 Å². The number of rotatable bonds is 3. The first-order valence-corrected chi connectivity index (χ1v) is 6.88. The van der Waals surface area contributed by atoms with Crippen molar-refractivity contribution < 1.29 is 0 Å². The van der Waals surface area contributed by atoms with E-state index in [-0.39, 0.29) is 0 Å². The van der Waals surface area contributed by atoms with Gasteiger partial charge in [0.1, 0.15) is 5.82 Å². The third kappa shape index (κ3) is 2.82. The zero-order valence-electron chi connectivity index (χ0n) is 11.3. The SMILES string of the molecule is CC(C)Cn1cnc(C2CCC(C)CC2)c1N. The van der Waals surface area contributed by atoms with Crippen LogP contribution in [0.25, 0.3) is 0 Å². The summed E-state index contributed by atoms with van der Waals surface area (Å²) in [5.74, 6) is 2.99. The van der Waals surface area contributed by atoms with Crippen LogP contribution in [0.15, 0.2) is 6.33 Å². The molecular formula is C14H25N3. The zero-order chi connectivity index (χ0) is 12.4. The summed E-state index contributed by atoms with van der Waals surface area (Å²) >= 11 is 0. The van der Waals surface area contributed by atoms with E-state index in [1.54, 1.807) is 0 Å². The lowest BCUT2D eigenvalue weighted by Crippen LogP contribution is -2.13. The van der Waals surface area contributed by atoms with Crippen molar-refractivity contribution in [1.29, 1.82) is 0 Å². The Morgan fingerprint density at radius 3 is 2.59 bits per heavy atom. The zero-order valence-corrected chi connectivity index (χ0v) is 11.3. The monoisotopic (exact) mass is 235 g/mol. The Morgan fingerprint density at radius 1 is 1.35 bits per heavy atom. The normalized spacial score (nSPS) is 25.4. The molecular weight excluding hydrogens is 210 g/mol. The van der Waals surface area contributed by atoms with Crippen LogP contribution in [0, 0.1) is 11.8 Å². The van der Waals surface area contributed by atoms with E-state index < -0.39 is 0 Å². The molecule has 17 heavy (non-hydrogen) atoms. The average molecular weight is 235 g/mol. The third-order valence-electron chi connectivity index (χ3n) is 3.87. The molecule has 3 nitrogen and oxygen atoms in total. The van der Waals surface area contributed by atoms with E-state index in [1.807, 2.05) is 6.33 Å². The first kappa shape index (κ1) is 12.5. The number of imidazole rings is 1. The molecule has 0 radical (unpaired) electrons. The number of nitrogens with zero attached hydrogens (tertiary/aromatic N) is 2. The molecule has 1 aliphatic rings. The maximum atomic E-state index is 6.22. The molecule has 0 atom stereocenters. The molecule has 3 heteroatoms. The lowest BCUT2D eigenvalue weighted by atomic mass is 9.81. The van der Waals surface area contributed by atoms with Crippen molar-refractivity contribution in [2.75, 3.05) is 5.73 Å². The molecule has 0 saturated heterocycles. The summed E-state index contributed by atoms with van der Waals surface area (Å²) in [5.41, 5.74) is 7.37. The van der Waals surface area contributed by atoms with E-state index in [9.17, 15) is 0 Å². The van der Waals surface area contributed by atoms with Crippen molar-refractivity contribution in [1.82, 2.24) is 9.55 Å². The molecule has 1 aromatic heterocycles. The average Bonchev–Trinajstić information content (AvgIpc) is 2.61. The van der Waals surface area contributed by atoms with E-state index in [0.717, 1.165) is 24.0 Å². The van der Waals surface area contributed by atoms with E-state index in [0.29, 0.717) is 11.8 Å². The smallest absolute Gasteiger partial charge is 0.126 e. The number of hydrogen-bond donors (Lipinski definition) is 1. The highest BCUT2D eigenvalue weighted by molar-refractivity contribution is 5.38.